The van der Waals surface area contributed by atoms with Crippen LogP contribution in [0.1, 0.15) is 31.4 Å². The molecule has 0 radical (unpaired) electrons. The zero-order valence-electron chi connectivity index (χ0n) is 11.3. The molecule has 1 atom stereocenters. The number of nitrogens with one attached hydrogen (secondary N) is 1. The second-order valence-corrected chi connectivity index (χ2v) is 5.67. The highest BCUT2D eigenvalue weighted by Crippen LogP contribution is 2.11. The molecule has 1 unspecified atom stereocenters. The molecule has 0 aliphatic heterocycles. The highest BCUT2D eigenvalue weighted by molar-refractivity contribution is 7.99. The SMILES string of the molecule is CCCSCC(Cc1cccc(C)c1)NCC. The highest BCUT2D eigenvalue weighted by atomic mass is 32.2. The topological polar surface area (TPSA) is 12.0 Å². The van der Waals surface area contributed by atoms with Gasteiger partial charge < -0.3 is 5.32 Å². The third kappa shape index (κ3) is 6.13. The lowest BCUT2D eigenvalue weighted by Gasteiger charge is -2.17. The molecule has 0 aromatic heterocycles. The summed E-state index contributed by atoms with van der Waals surface area (Å²) in [5.74, 6) is 2.49. The molecule has 17 heavy (non-hydrogen) atoms. The van der Waals surface area contributed by atoms with Crippen LogP contribution in [0.15, 0.2) is 24.3 Å². The lowest BCUT2D eigenvalue weighted by molar-refractivity contribution is 0.572. The second-order valence-electron chi connectivity index (χ2n) is 4.52. The maximum Gasteiger partial charge on any atom is 0.0198 e. The summed E-state index contributed by atoms with van der Waals surface area (Å²) in [4.78, 5) is 0. The molecule has 1 aromatic carbocycles. The maximum absolute atomic E-state index is 3.59. The largest absolute Gasteiger partial charge is 0.313 e. The van der Waals surface area contributed by atoms with E-state index < -0.39 is 0 Å². The van der Waals surface area contributed by atoms with E-state index in [-0.39, 0.29) is 0 Å². The molecule has 0 fully saturated rings. The van der Waals surface area contributed by atoms with E-state index in [4.69, 9.17) is 0 Å². The Morgan fingerprint density at radius 2 is 2.12 bits per heavy atom. The van der Waals surface area contributed by atoms with Crippen molar-refractivity contribution in [3.05, 3.63) is 35.4 Å². The van der Waals surface area contributed by atoms with E-state index in [1.165, 1.54) is 29.1 Å². The van der Waals surface area contributed by atoms with E-state index in [2.05, 4.69) is 62.1 Å². The average Bonchev–Trinajstić information content (AvgIpc) is 2.29. The van der Waals surface area contributed by atoms with Crippen LogP contribution in [-0.2, 0) is 6.42 Å². The molecule has 1 aromatic rings. The van der Waals surface area contributed by atoms with Gasteiger partial charge in [-0.25, -0.2) is 0 Å². The maximum atomic E-state index is 3.59. The molecule has 1 N–H and O–H groups in total. The number of benzene rings is 1. The summed E-state index contributed by atoms with van der Waals surface area (Å²) < 4.78 is 0. The van der Waals surface area contributed by atoms with Gasteiger partial charge in [-0.1, -0.05) is 43.7 Å². The summed E-state index contributed by atoms with van der Waals surface area (Å²) in [5, 5.41) is 3.59. The van der Waals surface area contributed by atoms with Gasteiger partial charge in [0.15, 0.2) is 0 Å². The van der Waals surface area contributed by atoms with Gasteiger partial charge in [0, 0.05) is 11.8 Å². The minimum Gasteiger partial charge on any atom is -0.313 e. The van der Waals surface area contributed by atoms with Crippen molar-refractivity contribution in [2.75, 3.05) is 18.1 Å². The van der Waals surface area contributed by atoms with Crippen LogP contribution in [0.4, 0.5) is 0 Å². The van der Waals surface area contributed by atoms with Gasteiger partial charge in [-0.2, -0.15) is 11.8 Å². The first-order valence-electron chi connectivity index (χ1n) is 6.63. The minimum atomic E-state index is 0.610. The van der Waals surface area contributed by atoms with E-state index in [0.29, 0.717) is 6.04 Å². The fraction of sp³-hybridized carbons (Fsp3) is 0.600. The number of rotatable bonds is 8. The fourth-order valence-corrected chi connectivity index (χ4v) is 2.95. The number of hydrogen-bond acceptors (Lipinski definition) is 2. The molecule has 0 aliphatic carbocycles. The summed E-state index contributed by atoms with van der Waals surface area (Å²) in [7, 11) is 0. The molecule has 0 saturated heterocycles. The Balaban J connectivity index is 2.47. The van der Waals surface area contributed by atoms with Crippen molar-refractivity contribution in [1.82, 2.24) is 5.32 Å². The van der Waals surface area contributed by atoms with Gasteiger partial charge in [0.2, 0.25) is 0 Å². The summed E-state index contributed by atoms with van der Waals surface area (Å²) >= 11 is 2.06. The minimum absolute atomic E-state index is 0.610. The van der Waals surface area contributed by atoms with Crippen molar-refractivity contribution in [2.45, 2.75) is 39.7 Å². The molecule has 96 valence electrons. The molecular formula is C15H25NS. The van der Waals surface area contributed by atoms with Gasteiger partial charge in [0.1, 0.15) is 0 Å². The van der Waals surface area contributed by atoms with E-state index >= 15 is 0 Å². The summed E-state index contributed by atoms with van der Waals surface area (Å²) in [5.41, 5.74) is 2.81. The van der Waals surface area contributed by atoms with Crippen molar-refractivity contribution >= 4 is 11.8 Å². The first-order chi connectivity index (χ1) is 8.26. The van der Waals surface area contributed by atoms with Crippen molar-refractivity contribution in [2.24, 2.45) is 0 Å². The van der Waals surface area contributed by atoms with Crippen LogP contribution in [0, 0.1) is 6.92 Å². The Bertz CT molecular complexity index is 312. The standard InChI is InChI=1S/C15H25NS/c1-4-9-17-12-15(16-5-2)11-14-8-6-7-13(3)10-14/h6-8,10,15-16H,4-5,9,11-12H2,1-3H3. The lowest BCUT2D eigenvalue weighted by Crippen LogP contribution is -2.33. The third-order valence-corrected chi connectivity index (χ3v) is 4.06. The average molecular weight is 251 g/mol. The van der Waals surface area contributed by atoms with Crippen molar-refractivity contribution < 1.29 is 0 Å². The fourth-order valence-electron chi connectivity index (χ4n) is 1.97. The molecular weight excluding hydrogens is 226 g/mol. The summed E-state index contributed by atoms with van der Waals surface area (Å²) in [6.45, 7) is 7.66. The van der Waals surface area contributed by atoms with Gasteiger partial charge in [0.25, 0.3) is 0 Å². The number of aryl methyl sites for hydroxylation is 1. The molecule has 0 aliphatic rings. The Morgan fingerprint density at radius 3 is 2.76 bits per heavy atom. The number of likely N-dealkylation sites (N-methyl/N-ethyl adjacent to an activating group) is 1. The number of thioether (sulfide) groups is 1. The molecule has 0 bridgehead atoms. The first-order valence-corrected chi connectivity index (χ1v) is 7.78. The predicted octanol–water partition coefficient (Wildman–Crippen LogP) is 3.66. The van der Waals surface area contributed by atoms with E-state index in [1.54, 1.807) is 0 Å². The molecule has 0 heterocycles. The normalized spacial score (nSPS) is 12.6. The second kappa shape index (κ2) is 8.60. The Hall–Kier alpha value is -0.470. The van der Waals surface area contributed by atoms with E-state index in [1.807, 2.05) is 0 Å². The molecule has 0 saturated carbocycles. The first kappa shape index (κ1) is 14.6. The van der Waals surface area contributed by atoms with Crippen LogP contribution < -0.4 is 5.32 Å². The third-order valence-electron chi connectivity index (χ3n) is 2.72. The molecule has 1 nitrogen and oxygen atoms in total. The highest BCUT2D eigenvalue weighted by Gasteiger charge is 2.08. The van der Waals surface area contributed by atoms with Gasteiger partial charge in [-0.3, -0.25) is 0 Å². The van der Waals surface area contributed by atoms with Gasteiger partial charge >= 0.3 is 0 Å². The zero-order valence-corrected chi connectivity index (χ0v) is 12.1. The van der Waals surface area contributed by atoms with Gasteiger partial charge in [-0.05, 0) is 37.6 Å². The Morgan fingerprint density at radius 1 is 1.29 bits per heavy atom. The monoisotopic (exact) mass is 251 g/mol. The van der Waals surface area contributed by atoms with Crippen molar-refractivity contribution in [1.29, 1.82) is 0 Å². The lowest BCUT2D eigenvalue weighted by atomic mass is 10.0. The predicted molar refractivity (Wildman–Crippen MR) is 80.0 cm³/mol. The van der Waals surface area contributed by atoms with Crippen LogP contribution >= 0.6 is 11.8 Å². The van der Waals surface area contributed by atoms with Crippen molar-refractivity contribution in [3.8, 4) is 0 Å². The van der Waals surface area contributed by atoms with E-state index in [0.717, 1.165) is 13.0 Å². The smallest absolute Gasteiger partial charge is 0.0198 e. The van der Waals surface area contributed by atoms with Crippen molar-refractivity contribution in [3.63, 3.8) is 0 Å². The Labute approximate surface area is 110 Å². The van der Waals surface area contributed by atoms with Gasteiger partial charge in [-0.15, -0.1) is 0 Å². The molecule has 1 rings (SSSR count). The Kier molecular flexibility index (Phi) is 7.38. The quantitative estimate of drug-likeness (QED) is 0.708. The molecule has 2 heteroatoms. The molecule has 0 spiro atoms. The zero-order chi connectivity index (χ0) is 12.5. The van der Waals surface area contributed by atoms with E-state index in [9.17, 15) is 0 Å². The van der Waals surface area contributed by atoms with Crippen LogP contribution in [0.3, 0.4) is 0 Å². The van der Waals surface area contributed by atoms with Crippen LogP contribution in [0.2, 0.25) is 0 Å². The van der Waals surface area contributed by atoms with Crippen LogP contribution in [0.25, 0.3) is 0 Å². The van der Waals surface area contributed by atoms with Crippen LogP contribution in [-0.4, -0.2) is 24.1 Å². The van der Waals surface area contributed by atoms with Crippen LogP contribution in [0.5, 0.6) is 0 Å². The summed E-state index contributed by atoms with van der Waals surface area (Å²) in [6, 6.07) is 9.47. The van der Waals surface area contributed by atoms with Gasteiger partial charge in [0.05, 0.1) is 0 Å². The number of hydrogen-bond donors (Lipinski definition) is 1. The summed E-state index contributed by atoms with van der Waals surface area (Å²) in [6.07, 6.45) is 2.42. The molecule has 0 amide bonds.